The second-order valence-electron chi connectivity index (χ2n) is 9.03. The van der Waals surface area contributed by atoms with Crippen molar-refractivity contribution in [1.82, 2.24) is 19.6 Å². The molecule has 0 aliphatic carbocycles. The van der Waals surface area contributed by atoms with Gasteiger partial charge in [0.1, 0.15) is 5.82 Å². The number of carbonyl (C=O) groups excluding carboxylic acids is 1. The molecule has 206 valence electrons. The van der Waals surface area contributed by atoms with Crippen LogP contribution in [0.15, 0.2) is 54.9 Å². The first kappa shape index (κ1) is 29.4. The lowest BCUT2D eigenvalue weighted by Crippen LogP contribution is -2.55. The topological polar surface area (TPSA) is 41.4 Å². The summed E-state index contributed by atoms with van der Waals surface area (Å²) in [6.45, 7) is 1.24. The summed E-state index contributed by atoms with van der Waals surface area (Å²) < 4.78 is 95.2. The molecule has 2 aromatic carbocycles. The Bertz CT molecular complexity index is 1230. The van der Waals surface area contributed by atoms with Gasteiger partial charge in [0.2, 0.25) is 0 Å². The van der Waals surface area contributed by atoms with Gasteiger partial charge < -0.3 is 4.90 Å². The normalized spacial score (nSPS) is 16.8. The molecule has 1 saturated heterocycles. The van der Waals surface area contributed by atoms with Gasteiger partial charge in [-0.15, -0.1) is 12.4 Å². The van der Waals surface area contributed by atoms with E-state index in [4.69, 9.17) is 0 Å². The van der Waals surface area contributed by atoms with Crippen LogP contribution in [0.4, 0.5) is 30.7 Å². The Kier molecular flexibility index (Phi) is 8.77. The fraction of sp³-hybridized carbons (Fsp3) is 0.360. The van der Waals surface area contributed by atoms with Crippen molar-refractivity contribution in [2.24, 2.45) is 7.05 Å². The molecule has 1 aliphatic rings. The standard InChI is InChI=1S/C25H23F7N4O.ClH/c1-34-13-17(12-33-34)14-35-6-7-36(22(15-35)8-16-2-4-21(26)5-3-16)23(37)18-9-19(24(27,28)29)11-20(10-18)25(30,31)32;/h2-5,9-13,22H,6-8,14-15H2,1H3;1H/t22-;/m1./s1. The summed E-state index contributed by atoms with van der Waals surface area (Å²) in [5, 5.41) is 4.12. The summed E-state index contributed by atoms with van der Waals surface area (Å²) in [7, 11) is 1.77. The number of benzene rings is 2. The number of hydrogen-bond donors (Lipinski definition) is 0. The Labute approximate surface area is 220 Å². The van der Waals surface area contributed by atoms with Crippen LogP contribution in [0.5, 0.6) is 0 Å². The fourth-order valence-corrected chi connectivity index (χ4v) is 4.45. The average Bonchev–Trinajstić information content (AvgIpc) is 3.23. The highest BCUT2D eigenvalue weighted by atomic mass is 35.5. The van der Waals surface area contributed by atoms with Crippen LogP contribution in [0.3, 0.4) is 0 Å². The van der Waals surface area contributed by atoms with E-state index in [-0.39, 0.29) is 31.4 Å². The zero-order valence-corrected chi connectivity index (χ0v) is 20.9. The highest BCUT2D eigenvalue weighted by Crippen LogP contribution is 2.37. The van der Waals surface area contributed by atoms with E-state index in [0.29, 0.717) is 37.3 Å². The molecule has 1 amide bonds. The number of piperazine rings is 1. The van der Waals surface area contributed by atoms with Crippen LogP contribution < -0.4 is 0 Å². The van der Waals surface area contributed by atoms with Crippen LogP contribution in [0.25, 0.3) is 0 Å². The maximum absolute atomic E-state index is 13.4. The zero-order chi connectivity index (χ0) is 27.0. The Morgan fingerprint density at radius 1 is 0.947 bits per heavy atom. The highest BCUT2D eigenvalue weighted by molar-refractivity contribution is 5.95. The smallest absolute Gasteiger partial charge is 0.333 e. The van der Waals surface area contributed by atoms with Crippen LogP contribution in [-0.2, 0) is 32.4 Å². The van der Waals surface area contributed by atoms with Gasteiger partial charge >= 0.3 is 12.4 Å². The third-order valence-corrected chi connectivity index (χ3v) is 6.21. The van der Waals surface area contributed by atoms with Gasteiger partial charge in [-0.25, -0.2) is 4.39 Å². The van der Waals surface area contributed by atoms with E-state index >= 15 is 0 Å². The number of rotatable bonds is 5. The van der Waals surface area contributed by atoms with Crippen molar-refractivity contribution in [1.29, 1.82) is 0 Å². The molecule has 2 heterocycles. The fourth-order valence-electron chi connectivity index (χ4n) is 4.45. The number of halogens is 8. The minimum Gasteiger partial charge on any atom is -0.333 e. The van der Waals surface area contributed by atoms with Gasteiger partial charge in [0.15, 0.2) is 0 Å². The Balaban J connectivity index is 0.00000400. The van der Waals surface area contributed by atoms with Crippen LogP contribution in [0.1, 0.15) is 32.6 Å². The maximum atomic E-state index is 13.4. The Morgan fingerprint density at radius 3 is 2.08 bits per heavy atom. The van der Waals surface area contributed by atoms with Crippen molar-refractivity contribution in [2.45, 2.75) is 31.4 Å². The number of amides is 1. The summed E-state index contributed by atoms with van der Waals surface area (Å²) in [6, 6.07) is 5.89. The minimum atomic E-state index is -5.06. The molecule has 4 rings (SSSR count). The van der Waals surface area contributed by atoms with Crippen molar-refractivity contribution in [3.63, 3.8) is 0 Å². The summed E-state index contributed by atoms with van der Waals surface area (Å²) in [5.74, 6) is -1.38. The first-order valence-electron chi connectivity index (χ1n) is 11.3. The van der Waals surface area contributed by atoms with Crippen LogP contribution in [0.2, 0.25) is 0 Å². The molecule has 1 fully saturated rings. The van der Waals surface area contributed by atoms with E-state index in [1.54, 1.807) is 17.9 Å². The summed E-state index contributed by atoms with van der Waals surface area (Å²) in [4.78, 5) is 16.7. The summed E-state index contributed by atoms with van der Waals surface area (Å²) >= 11 is 0. The average molecular weight is 565 g/mol. The van der Waals surface area contributed by atoms with E-state index in [1.807, 2.05) is 11.1 Å². The molecule has 0 saturated carbocycles. The lowest BCUT2D eigenvalue weighted by atomic mass is 9.99. The van der Waals surface area contributed by atoms with Gasteiger partial charge in [-0.1, -0.05) is 12.1 Å². The number of hydrogen-bond acceptors (Lipinski definition) is 3. The molecule has 0 N–H and O–H groups in total. The van der Waals surface area contributed by atoms with Crippen molar-refractivity contribution in [3.05, 3.63) is 88.5 Å². The molecule has 13 heteroatoms. The van der Waals surface area contributed by atoms with Crippen LogP contribution in [-0.4, -0.2) is 51.2 Å². The molecular formula is C25H24ClF7N4O. The molecule has 0 spiro atoms. The van der Waals surface area contributed by atoms with Gasteiger partial charge in [0, 0.05) is 56.6 Å². The van der Waals surface area contributed by atoms with E-state index in [9.17, 15) is 35.5 Å². The predicted molar refractivity (Wildman–Crippen MR) is 127 cm³/mol. The molecular weight excluding hydrogens is 541 g/mol. The third kappa shape index (κ3) is 7.04. The molecule has 0 bridgehead atoms. The molecule has 1 atom stereocenters. The molecule has 5 nitrogen and oxygen atoms in total. The lowest BCUT2D eigenvalue weighted by molar-refractivity contribution is -0.143. The van der Waals surface area contributed by atoms with E-state index in [2.05, 4.69) is 5.10 Å². The van der Waals surface area contributed by atoms with Crippen LogP contribution >= 0.6 is 12.4 Å². The number of carbonyl (C=O) groups is 1. The quantitative estimate of drug-likeness (QED) is 0.380. The van der Waals surface area contributed by atoms with Gasteiger partial charge in [-0.2, -0.15) is 31.4 Å². The molecule has 3 aromatic rings. The minimum absolute atomic E-state index is 0. The lowest BCUT2D eigenvalue weighted by Gasteiger charge is -2.41. The van der Waals surface area contributed by atoms with Crippen molar-refractivity contribution < 1.29 is 35.5 Å². The van der Waals surface area contributed by atoms with Gasteiger partial charge in [0.25, 0.3) is 5.91 Å². The second kappa shape index (κ2) is 11.3. The molecule has 38 heavy (non-hydrogen) atoms. The number of aromatic nitrogens is 2. The van der Waals surface area contributed by atoms with Crippen LogP contribution in [0, 0.1) is 5.82 Å². The van der Waals surface area contributed by atoms with Gasteiger partial charge in [0.05, 0.1) is 17.3 Å². The van der Waals surface area contributed by atoms with Gasteiger partial charge in [-0.3, -0.25) is 14.4 Å². The van der Waals surface area contributed by atoms with E-state index < -0.39 is 46.8 Å². The highest BCUT2D eigenvalue weighted by Gasteiger charge is 2.39. The Morgan fingerprint density at radius 2 is 1.55 bits per heavy atom. The first-order valence-corrected chi connectivity index (χ1v) is 11.3. The third-order valence-electron chi connectivity index (χ3n) is 6.21. The van der Waals surface area contributed by atoms with Gasteiger partial charge in [-0.05, 0) is 42.3 Å². The maximum Gasteiger partial charge on any atom is 0.416 e. The first-order chi connectivity index (χ1) is 17.3. The van der Waals surface area contributed by atoms with Crippen molar-refractivity contribution in [2.75, 3.05) is 19.6 Å². The number of nitrogens with zero attached hydrogens (tertiary/aromatic N) is 4. The Hall–Kier alpha value is -3.12. The SMILES string of the molecule is Cl.Cn1cc(CN2CCN(C(=O)c3cc(C(F)(F)F)cc(C(F)(F)F)c3)[C@H](Cc3ccc(F)cc3)C2)cn1. The van der Waals surface area contributed by atoms with E-state index in [1.165, 1.54) is 29.2 Å². The molecule has 0 radical (unpaired) electrons. The monoisotopic (exact) mass is 564 g/mol. The van der Waals surface area contributed by atoms with Crippen molar-refractivity contribution >= 4 is 18.3 Å². The zero-order valence-electron chi connectivity index (χ0n) is 20.1. The van der Waals surface area contributed by atoms with E-state index in [0.717, 1.165) is 5.56 Å². The van der Waals surface area contributed by atoms with Crippen molar-refractivity contribution in [3.8, 4) is 0 Å². The molecule has 1 aromatic heterocycles. The number of aryl methyl sites for hydroxylation is 1. The largest absolute Gasteiger partial charge is 0.416 e. The summed E-state index contributed by atoms with van der Waals surface area (Å²) in [6.07, 6.45) is -6.37. The molecule has 0 unspecified atom stereocenters. The summed E-state index contributed by atoms with van der Waals surface area (Å²) in [5.41, 5.74) is -2.19. The number of alkyl halides is 6. The second-order valence-corrected chi connectivity index (χ2v) is 9.03. The predicted octanol–water partition coefficient (Wildman–Crippen LogP) is 5.59. The molecule has 1 aliphatic heterocycles.